The fourth-order valence-corrected chi connectivity index (χ4v) is 2.38. The van der Waals surface area contributed by atoms with Crippen molar-refractivity contribution in [2.45, 2.75) is 19.0 Å². The van der Waals surface area contributed by atoms with Gasteiger partial charge in [0.2, 0.25) is 0 Å². The van der Waals surface area contributed by atoms with Crippen LogP contribution in [0.25, 0.3) is 10.9 Å². The zero-order chi connectivity index (χ0) is 12.5. The van der Waals surface area contributed by atoms with Crippen molar-refractivity contribution in [1.82, 2.24) is 9.97 Å². The molecule has 1 fully saturated rings. The largest absolute Gasteiger partial charge is 0.353 e. The Morgan fingerprint density at radius 1 is 1.28 bits per heavy atom. The van der Waals surface area contributed by atoms with Crippen LogP contribution in [0.1, 0.15) is 12.8 Å². The number of hydrogen-bond donors (Lipinski definition) is 0. The standard InChI is InChI=1S/C13H13F2N3/c14-9-3-4-12-11(6-9)13(17-8-16-12)18-5-1-2-10(15)7-18/h3-4,6,8,10H,1-2,5,7H2. The van der Waals surface area contributed by atoms with Crippen molar-refractivity contribution < 1.29 is 8.78 Å². The van der Waals surface area contributed by atoms with E-state index >= 15 is 0 Å². The molecule has 1 atom stereocenters. The second-order valence-corrected chi connectivity index (χ2v) is 4.54. The van der Waals surface area contributed by atoms with Crippen LogP contribution in [0.3, 0.4) is 0 Å². The summed E-state index contributed by atoms with van der Waals surface area (Å²) in [5.41, 5.74) is 0.683. The highest BCUT2D eigenvalue weighted by Gasteiger charge is 2.21. The number of alkyl halides is 1. The number of fused-ring (bicyclic) bond motifs is 1. The molecule has 1 aromatic heterocycles. The van der Waals surface area contributed by atoms with Gasteiger partial charge < -0.3 is 4.90 Å². The lowest BCUT2D eigenvalue weighted by atomic mass is 10.1. The number of benzene rings is 1. The maximum Gasteiger partial charge on any atom is 0.140 e. The maximum atomic E-state index is 13.4. The van der Waals surface area contributed by atoms with Crippen molar-refractivity contribution in [3.05, 3.63) is 30.3 Å². The number of aromatic nitrogens is 2. The van der Waals surface area contributed by atoms with Crippen LogP contribution in [-0.2, 0) is 0 Å². The van der Waals surface area contributed by atoms with Crippen molar-refractivity contribution in [3.8, 4) is 0 Å². The van der Waals surface area contributed by atoms with Gasteiger partial charge in [-0.05, 0) is 31.0 Å². The number of hydrogen-bond acceptors (Lipinski definition) is 3. The molecular weight excluding hydrogens is 236 g/mol. The Kier molecular flexibility index (Phi) is 2.81. The van der Waals surface area contributed by atoms with E-state index in [0.717, 1.165) is 13.0 Å². The van der Waals surface area contributed by atoms with Crippen LogP contribution in [0.15, 0.2) is 24.5 Å². The topological polar surface area (TPSA) is 29.0 Å². The molecule has 0 bridgehead atoms. The second kappa shape index (κ2) is 4.48. The highest BCUT2D eigenvalue weighted by atomic mass is 19.1. The molecule has 1 aliphatic rings. The molecule has 0 saturated carbocycles. The van der Waals surface area contributed by atoms with Crippen LogP contribution < -0.4 is 4.90 Å². The minimum atomic E-state index is -0.836. The van der Waals surface area contributed by atoms with Gasteiger partial charge in [-0.3, -0.25) is 0 Å². The molecule has 5 heteroatoms. The molecule has 1 aromatic carbocycles. The Morgan fingerprint density at radius 2 is 2.17 bits per heavy atom. The van der Waals surface area contributed by atoms with E-state index in [4.69, 9.17) is 0 Å². The van der Waals surface area contributed by atoms with Gasteiger partial charge in [-0.1, -0.05) is 0 Å². The minimum absolute atomic E-state index is 0.322. The molecule has 0 spiro atoms. The Hall–Kier alpha value is -1.78. The van der Waals surface area contributed by atoms with Crippen LogP contribution in [0.4, 0.5) is 14.6 Å². The summed E-state index contributed by atoms with van der Waals surface area (Å²) in [6.07, 6.45) is 1.99. The Morgan fingerprint density at radius 3 is 3.00 bits per heavy atom. The van der Waals surface area contributed by atoms with E-state index < -0.39 is 6.17 Å². The number of halogens is 2. The average molecular weight is 249 g/mol. The first-order valence-electron chi connectivity index (χ1n) is 6.03. The molecule has 1 unspecified atom stereocenters. The molecule has 0 N–H and O–H groups in total. The number of rotatable bonds is 1. The quantitative estimate of drug-likeness (QED) is 0.778. The van der Waals surface area contributed by atoms with Crippen molar-refractivity contribution in [2.24, 2.45) is 0 Å². The van der Waals surface area contributed by atoms with E-state index in [1.54, 1.807) is 6.07 Å². The summed E-state index contributed by atoms with van der Waals surface area (Å²) >= 11 is 0. The lowest BCUT2D eigenvalue weighted by Gasteiger charge is -2.30. The summed E-state index contributed by atoms with van der Waals surface area (Å²) in [5.74, 6) is 0.300. The molecule has 94 valence electrons. The van der Waals surface area contributed by atoms with E-state index in [0.29, 0.717) is 29.7 Å². The van der Waals surface area contributed by atoms with E-state index in [2.05, 4.69) is 9.97 Å². The van der Waals surface area contributed by atoms with E-state index in [9.17, 15) is 8.78 Å². The van der Waals surface area contributed by atoms with Gasteiger partial charge in [0.15, 0.2) is 0 Å². The highest BCUT2D eigenvalue weighted by Crippen LogP contribution is 2.26. The molecule has 0 aliphatic carbocycles. The lowest BCUT2D eigenvalue weighted by molar-refractivity contribution is 0.286. The minimum Gasteiger partial charge on any atom is -0.353 e. The number of anilines is 1. The summed E-state index contributed by atoms with van der Waals surface area (Å²) in [6, 6.07) is 4.40. The summed E-state index contributed by atoms with van der Waals surface area (Å²) in [6.45, 7) is 1.08. The molecule has 3 rings (SSSR count). The van der Waals surface area contributed by atoms with Gasteiger partial charge in [-0.25, -0.2) is 18.7 Å². The SMILES string of the molecule is Fc1ccc2ncnc(N3CCCC(F)C3)c2c1. The smallest absolute Gasteiger partial charge is 0.140 e. The van der Waals surface area contributed by atoms with Crippen molar-refractivity contribution >= 4 is 16.7 Å². The van der Waals surface area contributed by atoms with Gasteiger partial charge in [0.1, 0.15) is 24.1 Å². The normalized spacial score (nSPS) is 20.3. The third-order valence-corrected chi connectivity index (χ3v) is 3.24. The second-order valence-electron chi connectivity index (χ2n) is 4.54. The Bertz CT molecular complexity index is 573. The third kappa shape index (κ3) is 2.00. The maximum absolute atomic E-state index is 13.4. The summed E-state index contributed by atoms with van der Waals surface area (Å²) in [4.78, 5) is 10.2. The summed E-state index contributed by atoms with van der Waals surface area (Å²) < 4.78 is 26.8. The van der Waals surface area contributed by atoms with Crippen molar-refractivity contribution in [1.29, 1.82) is 0 Å². The molecule has 0 radical (unpaired) electrons. The van der Waals surface area contributed by atoms with Crippen LogP contribution in [0, 0.1) is 5.82 Å². The van der Waals surface area contributed by atoms with Crippen LogP contribution in [0.5, 0.6) is 0 Å². The molecule has 0 amide bonds. The van der Waals surface area contributed by atoms with Gasteiger partial charge in [0.05, 0.1) is 12.1 Å². The van der Waals surface area contributed by atoms with Crippen molar-refractivity contribution in [2.75, 3.05) is 18.0 Å². The van der Waals surface area contributed by atoms with Crippen LogP contribution in [0.2, 0.25) is 0 Å². The molecule has 3 nitrogen and oxygen atoms in total. The van der Waals surface area contributed by atoms with Crippen LogP contribution in [-0.4, -0.2) is 29.2 Å². The molecule has 18 heavy (non-hydrogen) atoms. The summed E-state index contributed by atoms with van der Waals surface area (Å²) in [7, 11) is 0. The molecule has 1 aliphatic heterocycles. The zero-order valence-corrected chi connectivity index (χ0v) is 9.81. The number of nitrogens with zero attached hydrogens (tertiary/aromatic N) is 3. The van der Waals surface area contributed by atoms with E-state index in [1.807, 2.05) is 4.90 Å². The first kappa shape index (κ1) is 11.3. The molecular formula is C13H13F2N3. The predicted molar refractivity (Wildman–Crippen MR) is 65.8 cm³/mol. The van der Waals surface area contributed by atoms with Gasteiger partial charge >= 0.3 is 0 Å². The third-order valence-electron chi connectivity index (χ3n) is 3.24. The van der Waals surface area contributed by atoms with E-state index in [1.165, 1.54) is 18.5 Å². The van der Waals surface area contributed by atoms with Gasteiger partial charge in [0.25, 0.3) is 0 Å². The fraction of sp³-hybridized carbons (Fsp3) is 0.385. The lowest BCUT2D eigenvalue weighted by Crippen LogP contribution is -2.37. The monoisotopic (exact) mass is 249 g/mol. The number of piperidine rings is 1. The average Bonchev–Trinajstić information content (AvgIpc) is 2.38. The fourth-order valence-electron chi connectivity index (χ4n) is 2.38. The first-order chi connectivity index (χ1) is 8.74. The van der Waals surface area contributed by atoms with E-state index in [-0.39, 0.29) is 5.82 Å². The van der Waals surface area contributed by atoms with Gasteiger partial charge in [0, 0.05) is 11.9 Å². The molecule has 2 aromatic rings. The molecule has 2 heterocycles. The predicted octanol–water partition coefficient (Wildman–Crippen LogP) is 2.71. The van der Waals surface area contributed by atoms with Crippen LogP contribution >= 0.6 is 0 Å². The first-order valence-corrected chi connectivity index (χ1v) is 6.03. The Balaban J connectivity index is 2.07. The van der Waals surface area contributed by atoms with Gasteiger partial charge in [-0.2, -0.15) is 0 Å². The van der Waals surface area contributed by atoms with Crippen molar-refractivity contribution in [3.63, 3.8) is 0 Å². The summed E-state index contributed by atoms with van der Waals surface area (Å²) in [5, 5.41) is 0.645. The Labute approximate surface area is 103 Å². The molecule has 1 saturated heterocycles. The highest BCUT2D eigenvalue weighted by molar-refractivity contribution is 5.89. The van der Waals surface area contributed by atoms with Gasteiger partial charge in [-0.15, -0.1) is 0 Å². The zero-order valence-electron chi connectivity index (χ0n) is 9.81.